The van der Waals surface area contributed by atoms with Gasteiger partial charge in [0.05, 0.1) is 23.3 Å². The number of hydrogen-bond acceptors (Lipinski definition) is 3. The fourth-order valence-electron chi connectivity index (χ4n) is 2.51. The Labute approximate surface area is 123 Å². The van der Waals surface area contributed by atoms with Crippen molar-refractivity contribution < 1.29 is 0 Å². The van der Waals surface area contributed by atoms with Gasteiger partial charge >= 0.3 is 0 Å². The molecule has 0 aliphatic heterocycles. The SMILES string of the molecule is Cc1ccc([C@H](C)n2cnc3cccc(C)c3c2=O)cn1. The summed E-state index contributed by atoms with van der Waals surface area (Å²) in [7, 11) is 0. The Morgan fingerprint density at radius 3 is 2.62 bits per heavy atom. The van der Waals surface area contributed by atoms with Crippen LogP contribution in [0.3, 0.4) is 0 Å². The quantitative estimate of drug-likeness (QED) is 0.724. The molecule has 3 aromatic rings. The third-order valence-electron chi connectivity index (χ3n) is 3.85. The maximum atomic E-state index is 12.7. The summed E-state index contributed by atoms with van der Waals surface area (Å²) in [5, 5.41) is 0.687. The average molecular weight is 279 g/mol. The second-order valence-electron chi connectivity index (χ2n) is 5.33. The molecule has 0 amide bonds. The second kappa shape index (κ2) is 5.13. The van der Waals surface area contributed by atoms with E-state index in [1.54, 1.807) is 10.9 Å². The first-order valence-electron chi connectivity index (χ1n) is 6.97. The zero-order chi connectivity index (χ0) is 15.0. The predicted molar refractivity (Wildman–Crippen MR) is 83.5 cm³/mol. The van der Waals surface area contributed by atoms with E-state index in [2.05, 4.69) is 9.97 Å². The summed E-state index contributed by atoms with van der Waals surface area (Å²) >= 11 is 0. The number of aromatic nitrogens is 3. The van der Waals surface area contributed by atoms with Gasteiger partial charge in [0.2, 0.25) is 0 Å². The Balaban J connectivity index is 2.17. The first kappa shape index (κ1) is 13.5. The molecule has 106 valence electrons. The Hall–Kier alpha value is -2.49. The number of benzene rings is 1. The molecule has 0 N–H and O–H groups in total. The number of nitrogens with zero attached hydrogens (tertiary/aromatic N) is 3. The van der Waals surface area contributed by atoms with Crippen molar-refractivity contribution >= 4 is 10.9 Å². The summed E-state index contributed by atoms with van der Waals surface area (Å²) in [6.45, 7) is 5.87. The molecule has 0 bridgehead atoms. The Kier molecular flexibility index (Phi) is 3.29. The van der Waals surface area contributed by atoms with E-state index in [4.69, 9.17) is 0 Å². The van der Waals surface area contributed by atoms with Crippen molar-refractivity contribution in [1.29, 1.82) is 0 Å². The zero-order valence-corrected chi connectivity index (χ0v) is 12.4. The van der Waals surface area contributed by atoms with Gasteiger partial charge in [-0.1, -0.05) is 18.2 Å². The minimum absolute atomic E-state index is 0.00817. The smallest absolute Gasteiger partial charge is 0.262 e. The van der Waals surface area contributed by atoms with Crippen LogP contribution in [0.2, 0.25) is 0 Å². The van der Waals surface area contributed by atoms with E-state index in [9.17, 15) is 4.79 Å². The lowest BCUT2D eigenvalue weighted by atomic mass is 10.1. The van der Waals surface area contributed by atoms with Crippen molar-refractivity contribution in [2.24, 2.45) is 0 Å². The first-order chi connectivity index (χ1) is 10.1. The van der Waals surface area contributed by atoms with Gasteiger partial charge in [-0.2, -0.15) is 0 Å². The molecule has 2 aromatic heterocycles. The van der Waals surface area contributed by atoms with Crippen LogP contribution in [-0.4, -0.2) is 14.5 Å². The predicted octanol–water partition coefficient (Wildman–Crippen LogP) is 3.02. The highest BCUT2D eigenvalue weighted by Gasteiger charge is 2.13. The maximum absolute atomic E-state index is 12.7. The third kappa shape index (κ3) is 2.33. The number of aryl methyl sites for hydroxylation is 2. The van der Waals surface area contributed by atoms with E-state index in [1.807, 2.05) is 57.3 Å². The van der Waals surface area contributed by atoms with Gasteiger partial charge in [-0.3, -0.25) is 14.3 Å². The lowest BCUT2D eigenvalue weighted by molar-refractivity contribution is 0.606. The largest absolute Gasteiger partial charge is 0.291 e. The molecule has 0 aliphatic rings. The van der Waals surface area contributed by atoms with Crippen molar-refractivity contribution in [2.45, 2.75) is 26.8 Å². The molecule has 1 atom stereocenters. The van der Waals surface area contributed by atoms with Crippen LogP contribution < -0.4 is 5.56 Å². The number of pyridine rings is 1. The van der Waals surface area contributed by atoms with E-state index in [0.717, 1.165) is 22.3 Å². The highest BCUT2D eigenvalue weighted by molar-refractivity contribution is 5.80. The van der Waals surface area contributed by atoms with Gasteiger partial charge in [0, 0.05) is 11.9 Å². The van der Waals surface area contributed by atoms with Crippen molar-refractivity contribution in [3.05, 3.63) is 70.0 Å². The lowest BCUT2D eigenvalue weighted by Crippen LogP contribution is -2.25. The molecular formula is C17H17N3O. The molecule has 0 fully saturated rings. The molecule has 4 heteroatoms. The summed E-state index contributed by atoms with van der Waals surface area (Å²) in [5.41, 5.74) is 3.65. The zero-order valence-electron chi connectivity index (χ0n) is 12.4. The third-order valence-corrected chi connectivity index (χ3v) is 3.85. The van der Waals surface area contributed by atoms with Gasteiger partial charge in [0.25, 0.3) is 5.56 Å². The summed E-state index contributed by atoms with van der Waals surface area (Å²) in [6.07, 6.45) is 3.43. The molecule has 4 nitrogen and oxygen atoms in total. The van der Waals surface area contributed by atoms with Gasteiger partial charge in [0.15, 0.2) is 0 Å². The standard InChI is InChI=1S/C17H17N3O/c1-11-5-4-6-15-16(11)17(21)20(10-19-15)13(3)14-8-7-12(2)18-9-14/h4-10,13H,1-3H3/t13-/m0/s1. The van der Waals surface area contributed by atoms with E-state index >= 15 is 0 Å². The van der Waals surface area contributed by atoms with Crippen LogP contribution in [0.15, 0.2) is 47.7 Å². The lowest BCUT2D eigenvalue weighted by Gasteiger charge is -2.16. The Bertz CT molecular complexity index is 850. The Morgan fingerprint density at radius 2 is 1.90 bits per heavy atom. The molecule has 0 unspecified atom stereocenters. The minimum atomic E-state index is -0.0953. The molecule has 0 saturated carbocycles. The van der Waals surface area contributed by atoms with Crippen LogP contribution in [0.5, 0.6) is 0 Å². The number of hydrogen-bond donors (Lipinski definition) is 0. The molecule has 3 rings (SSSR count). The molecule has 21 heavy (non-hydrogen) atoms. The molecule has 0 spiro atoms. The average Bonchev–Trinajstić information content (AvgIpc) is 2.48. The maximum Gasteiger partial charge on any atom is 0.262 e. The summed E-state index contributed by atoms with van der Waals surface area (Å²) < 4.78 is 1.67. The number of fused-ring (bicyclic) bond motifs is 1. The first-order valence-corrected chi connectivity index (χ1v) is 6.97. The Morgan fingerprint density at radius 1 is 1.10 bits per heavy atom. The summed E-state index contributed by atoms with van der Waals surface area (Å²) in [4.78, 5) is 21.4. The molecule has 2 heterocycles. The molecule has 0 saturated heterocycles. The van der Waals surface area contributed by atoms with Crippen LogP contribution in [0.1, 0.15) is 29.8 Å². The fraction of sp³-hybridized carbons (Fsp3) is 0.235. The van der Waals surface area contributed by atoms with Gasteiger partial charge in [0.1, 0.15) is 0 Å². The van der Waals surface area contributed by atoms with Crippen LogP contribution >= 0.6 is 0 Å². The highest BCUT2D eigenvalue weighted by Crippen LogP contribution is 2.17. The van der Waals surface area contributed by atoms with E-state index < -0.39 is 0 Å². The van der Waals surface area contributed by atoms with Crippen molar-refractivity contribution in [1.82, 2.24) is 14.5 Å². The van der Waals surface area contributed by atoms with Gasteiger partial charge in [-0.25, -0.2) is 4.98 Å². The summed E-state index contributed by atoms with van der Waals surface area (Å²) in [5.74, 6) is 0. The molecule has 0 radical (unpaired) electrons. The fourth-order valence-corrected chi connectivity index (χ4v) is 2.51. The normalized spacial score (nSPS) is 12.5. The van der Waals surface area contributed by atoms with Crippen molar-refractivity contribution in [3.8, 4) is 0 Å². The molecular weight excluding hydrogens is 262 g/mol. The van der Waals surface area contributed by atoms with Crippen LogP contribution in [-0.2, 0) is 0 Å². The van der Waals surface area contributed by atoms with Crippen LogP contribution in [0.4, 0.5) is 0 Å². The monoisotopic (exact) mass is 279 g/mol. The molecule has 1 aromatic carbocycles. The van der Waals surface area contributed by atoms with E-state index in [1.165, 1.54) is 0 Å². The van der Waals surface area contributed by atoms with Crippen molar-refractivity contribution in [3.63, 3.8) is 0 Å². The van der Waals surface area contributed by atoms with Crippen LogP contribution in [0.25, 0.3) is 10.9 Å². The van der Waals surface area contributed by atoms with Gasteiger partial charge in [-0.05, 0) is 44.0 Å². The van der Waals surface area contributed by atoms with Crippen LogP contribution in [0, 0.1) is 13.8 Å². The van der Waals surface area contributed by atoms with E-state index in [-0.39, 0.29) is 11.6 Å². The second-order valence-corrected chi connectivity index (χ2v) is 5.33. The van der Waals surface area contributed by atoms with Gasteiger partial charge < -0.3 is 0 Å². The van der Waals surface area contributed by atoms with E-state index in [0.29, 0.717) is 5.39 Å². The molecule has 0 aliphatic carbocycles. The summed E-state index contributed by atoms with van der Waals surface area (Å²) in [6, 6.07) is 9.59. The topological polar surface area (TPSA) is 47.8 Å². The van der Waals surface area contributed by atoms with Crippen molar-refractivity contribution in [2.75, 3.05) is 0 Å². The van der Waals surface area contributed by atoms with Gasteiger partial charge in [-0.15, -0.1) is 0 Å². The highest BCUT2D eigenvalue weighted by atomic mass is 16.1. The number of rotatable bonds is 2. The minimum Gasteiger partial charge on any atom is -0.291 e.